The summed E-state index contributed by atoms with van der Waals surface area (Å²) in [6, 6.07) is 8.67. The Hall–Kier alpha value is -4.31. The Balaban J connectivity index is 1.08. The average molecular weight is 739 g/mol. The SMILES string of the molecule is CCCCCNc1nc(N)nc2ccn(Cc3ccc(CN4CCN(C(=O)CCOCCOCCOCCNC(=O)C(C)CC(=O)O)CC4)cc3C)c12. The number of aryl methyl sites for hydroxylation is 1. The third kappa shape index (κ3) is 13.9. The molecule has 3 aromatic rings. The number of ether oxygens (including phenoxy) is 3. The van der Waals surface area contributed by atoms with Crippen LogP contribution in [0.25, 0.3) is 11.0 Å². The number of piperazine rings is 1. The molecule has 292 valence electrons. The summed E-state index contributed by atoms with van der Waals surface area (Å²) in [6.07, 6.45) is 5.59. The molecule has 1 aromatic carbocycles. The third-order valence-electron chi connectivity index (χ3n) is 9.26. The smallest absolute Gasteiger partial charge is 0.304 e. The molecule has 4 rings (SSSR count). The van der Waals surface area contributed by atoms with E-state index in [1.807, 2.05) is 11.0 Å². The molecule has 5 N–H and O–H groups in total. The topological polar surface area (TPSA) is 186 Å². The molecule has 0 bridgehead atoms. The Bertz CT molecular complexity index is 1610. The summed E-state index contributed by atoms with van der Waals surface area (Å²) in [6.45, 7) is 13.9. The van der Waals surface area contributed by atoms with Crippen molar-refractivity contribution in [2.75, 3.05) is 90.0 Å². The number of benzene rings is 1. The molecule has 0 saturated carbocycles. The van der Waals surface area contributed by atoms with Crippen molar-refractivity contribution >= 4 is 40.6 Å². The molecule has 1 saturated heterocycles. The molecule has 1 fully saturated rings. The number of aliphatic carboxylic acids is 1. The van der Waals surface area contributed by atoms with Gasteiger partial charge in [0.2, 0.25) is 17.8 Å². The first-order valence-electron chi connectivity index (χ1n) is 18.8. The van der Waals surface area contributed by atoms with Crippen molar-refractivity contribution in [1.29, 1.82) is 0 Å². The number of nitrogen functional groups attached to an aromatic ring is 1. The number of carboxylic acids is 1. The lowest BCUT2D eigenvalue weighted by Gasteiger charge is -2.35. The molecule has 1 unspecified atom stereocenters. The molecule has 15 heteroatoms. The van der Waals surface area contributed by atoms with E-state index in [4.69, 9.17) is 25.1 Å². The van der Waals surface area contributed by atoms with Crippen LogP contribution in [0.1, 0.15) is 62.6 Å². The summed E-state index contributed by atoms with van der Waals surface area (Å²) < 4.78 is 18.7. The molecule has 0 radical (unpaired) electrons. The van der Waals surface area contributed by atoms with E-state index in [0.29, 0.717) is 72.2 Å². The Morgan fingerprint density at radius 2 is 1.64 bits per heavy atom. The number of rotatable bonds is 24. The number of amides is 2. The highest BCUT2D eigenvalue weighted by atomic mass is 16.5. The van der Waals surface area contributed by atoms with Crippen LogP contribution >= 0.6 is 0 Å². The van der Waals surface area contributed by atoms with E-state index in [2.05, 4.69) is 68.3 Å². The summed E-state index contributed by atoms with van der Waals surface area (Å²) >= 11 is 0. The number of carbonyl (C=O) groups excluding carboxylic acids is 2. The number of carboxylic acid groups (broad SMARTS) is 1. The number of fused-ring (bicyclic) bond motifs is 1. The van der Waals surface area contributed by atoms with E-state index >= 15 is 0 Å². The average Bonchev–Trinajstić information content (AvgIpc) is 3.53. The van der Waals surface area contributed by atoms with Gasteiger partial charge in [-0.1, -0.05) is 44.9 Å². The summed E-state index contributed by atoms with van der Waals surface area (Å²) in [7, 11) is 0. The second-order valence-electron chi connectivity index (χ2n) is 13.5. The Morgan fingerprint density at radius 1 is 0.925 bits per heavy atom. The van der Waals surface area contributed by atoms with Crippen LogP contribution < -0.4 is 16.4 Å². The zero-order chi connectivity index (χ0) is 38.0. The monoisotopic (exact) mass is 738 g/mol. The van der Waals surface area contributed by atoms with Crippen LogP contribution in [0, 0.1) is 12.8 Å². The van der Waals surface area contributed by atoms with Gasteiger partial charge in [-0.2, -0.15) is 4.98 Å². The van der Waals surface area contributed by atoms with Crippen LogP contribution in [0.5, 0.6) is 0 Å². The predicted octanol–water partition coefficient (Wildman–Crippen LogP) is 3.28. The van der Waals surface area contributed by atoms with Crippen LogP contribution in [0.3, 0.4) is 0 Å². The second-order valence-corrected chi connectivity index (χ2v) is 13.5. The summed E-state index contributed by atoms with van der Waals surface area (Å²) in [5, 5.41) is 14.9. The summed E-state index contributed by atoms with van der Waals surface area (Å²) in [4.78, 5) is 48.5. The highest BCUT2D eigenvalue weighted by Gasteiger charge is 2.21. The molecule has 0 aliphatic carbocycles. The van der Waals surface area contributed by atoms with Crippen molar-refractivity contribution in [2.45, 2.75) is 66.0 Å². The lowest BCUT2D eigenvalue weighted by molar-refractivity contribution is -0.140. The number of aromatic nitrogens is 3. The number of carbonyl (C=O) groups is 3. The first-order valence-corrected chi connectivity index (χ1v) is 18.8. The standard InChI is InChI=1S/C38H58N8O7/c1-4-5-6-11-40-36-35-32(42-38(39)43-36)9-13-46(35)27-31-8-7-30(24-28(31)2)26-44-14-16-45(17-15-44)33(47)10-18-51-20-22-53-23-21-52-19-12-41-37(50)29(3)25-34(48)49/h7-9,13,24,29H,4-6,10-12,14-23,25-27H2,1-3H3,(H,41,50)(H,48,49)(H3,39,40,42,43). The van der Waals surface area contributed by atoms with Gasteiger partial charge in [0.1, 0.15) is 5.52 Å². The van der Waals surface area contributed by atoms with Gasteiger partial charge in [-0.15, -0.1) is 0 Å². The fourth-order valence-corrected chi connectivity index (χ4v) is 6.23. The minimum Gasteiger partial charge on any atom is -0.481 e. The fraction of sp³-hybridized carbons (Fsp3) is 0.605. The highest BCUT2D eigenvalue weighted by Crippen LogP contribution is 2.25. The molecule has 2 aromatic heterocycles. The van der Waals surface area contributed by atoms with E-state index in [0.717, 1.165) is 55.9 Å². The van der Waals surface area contributed by atoms with E-state index < -0.39 is 11.9 Å². The zero-order valence-electron chi connectivity index (χ0n) is 31.6. The first-order chi connectivity index (χ1) is 25.6. The molecule has 1 aliphatic rings. The molecule has 0 spiro atoms. The Kier molecular flexibility index (Phi) is 17.2. The molecule has 1 aliphatic heterocycles. The molecule has 15 nitrogen and oxygen atoms in total. The number of nitrogens with one attached hydrogen (secondary N) is 2. The van der Waals surface area contributed by atoms with Gasteiger partial charge in [0.25, 0.3) is 0 Å². The number of nitrogens with two attached hydrogens (primary N) is 1. The summed E-state index contributed by atoms with van der Waals surface area (Å²) in [5.41, 5.74) is 11.5. The zero-order valence-corrected chi connectivity index (χ0v) is 31.6. The fourth-order valence-electron chi connectivity index (χ4n) is 6.23. The van der Waals surface area contributed by atoms with E-state index in [1.165, 1.54) is 23.1 Å². The Labute approximate surface area is 312 Å². The van der Waals surface area contributed by atoms with Crippen molar-refractivity contribution < 1.29 is 33.7 Å². The minimum absolute atomic E-state index is 0.105. The van der Waals surface area contributed by atoms with Crippen molar-refractivity contribution in [3.05, 3.63) is 47.2 Å². The molecular formula is C38H58N8O7. The van der Waals surface area contributed by atoms with Crippen molar-refractivity contribution in [2.24, 2.45) is 5.92 Å². The Morgan fingerprint density at radius 3 is 2.34 bits per heavy atom. The maximum atomic E-state index is 12.8. The van der Waals surface area contributed by atoms with Crippen LogP contribution in [-0.2, 0) is 41.7 Å². The van der Waals surface area contributed by atoms with E-state index in [9.17, 15) is 14.4 Å². The van der Waals surface area contributed by atoms with Gasteiger partial charge < -0.3 is 45.2 Å². The second kappa shape index (κ2) is 22.0. The van der Waals surface area contributed by atoms with Crippen molar-refractivity contribution in [1.82, 2.24) is 29.7 Å². The van der Waals surface area contributed by atoms with Crippen LogP contribution in [0.4, 0.5) is 11.8 Å². The maximum Gasteiger partial charge on any atom is 0.304 e. The number of hydrogen-bond acceptors (Lipinski definition) is 11. The normalized spacial score (nSPS) is 14.1. The number of hydrogen-bond donors (Lipinski definition) is 4. The van der Waals surface area contributed by atoms with Crippen molar-refractivity contribution in [3.63, 3.8) is 0 Å². The van der Waals surface area contributed by atoms with Gasteiger partial charge in [-0.3, -0.25) is 19.3 Å². The van der Waals surface area contributed by atoms with Gasteiger partial charge in [-0.05, 0) is 36.1 Å². The van der Waals surface area contributed by atoms with Gasteiger partial charge in [0.15, 0.2) is 5.82 Å². The number of nitrogens with zero attached hydrogens (tertiary/aromatic N) is 5. The van der Waals surface area contributed by atoms with Gasteiger partial charge in [0.05, 0.1) is 58.0 Å². The lowest BCUT2D eigenvalue weighted by atomic mass is 10.0. The molecule has 2 amide bonds. The number of unbranched alkanes of at least 4 members (excludes halogenated alkanes) is 2. The summed E-state index contributed by atoms with van der Waals surface area (Å²) in [5.74, 6) is -0.727. The lowest BCUT2D eigenvalue weighted by Crippen LogP contribution is -2.48. The van der Waals surface area contributed by atoms with Gasteiger partial charge in [-0.25, -0.2) is 4.98 Å². The van der Waals surface area contributed by atoms with Gasteiger partial charge in [0, 0.05) is 64.5 Å². The third-order valence-corrected chi connectivity index (χ3v) is 9.26. The van der Waals surface area contributed by atoms with E-state index in [-0.39, 0.29) is 24.2 Å². The molecular weight excluding hydrogens is 680 g/mol. The number of anilines is 2. The van der Waals surface area contributed by atoms with Crippen LogP contribution in [0.15, 0.2) is 30.5 Å². The van der Waals surface area contributed by atoms with Crippen LogP contribution in [0.2, 0.25) is 0 Å². The van der Waals surface area contributed by atoms with Crippen molar-refractivity contribution in [3.8, 4) is 0 Å². The van der Waals surface area contributed by atoms with E-state index in [1.54, 1.807) is 6.92 Å². The molecule has 53 heavy (non-hydrogen) atoms. The maximum absolute atomic E-state index is 12.8. The largest absolute Gasteiger partial charge is 0.481 e. The first kappa shape index (κ1) is 41.4. The molecule has 1 atom stereocenters. The quantitative estimate of drug-likeness (QED) is 0.0985. The predicted molar refractivity (Wildman–Crippen MR) is 204 cm³/mol. The van der Waals surface area contributed by atoms with Crippen LogP contribution in [-0.4, -0.2) is 126 Å². The molecule has 3 heterocycles. The highest BCUT2D eigenvalue weighted by molar-refractivity contribution is 5.87. The minimum atomic E-state index is -1.00. The van der Waals surface area contributed by atoms with Gasteiger partial charge >= 0.3 is 5.97 Å².